The van der Waals surface area contributed by atoms with Gasteiger partial charge in [-0.1, -0.05) is 18.2 Å². The first kappa shape index (κ1) is 16.7. The Hall–Kier alpha value is -2.34. The molecule has 0 spiro atoms. The van der Waals surface area contributed by atoms with Crippen molar-refractivity contribution in [3.8, 4) is 5.75 Å². The summed E-state index contributed by atoms with van der Waals surface area (Å²) < 4.78 is 5.09. The molecule has 2 N–H and O–H groups in total. The summed E-state index contributed by atoms with van der Waals surface area (Å²) in [6.45, 7) is 4.51. The van der Waals surface area contributed by atoms with Crippen molar-refractivity contribution in [3.05, 3.63) is 42.5 Å². The molecule has 0 radical (unpaired) electrons. The van der Waals surface area contributed by atoms with E-state index in [9.17, 15) is 9.59 Å². The van der Waals surface area contributed by atoms with Gasteiger partial charge in [0.1, 0.15) is 12.3 Å². The van der Waals surface area contributed by atoms with Crippen molar-refractivity contribution in [2.75, 3.05) is 26.7 Å². The van der Waals surface area contributed by atoms with Gasteiger partial charge in [0.05, 0.1) is 13.7 Å². The van der Waals surface area contributed by atoms with Crippen molar-refractivity contribution >= 4 is 11.9 Å². The number of hydrogen-bond acceptors (Lipinski definition) is 4. The molecular weight excluding hydrogens is 272 g/mol. The van der Waals surface area contributed by atoms with Gasteiger partial charge in [0.15, 0.2) is 0 Å². The van der Waals surface area contributed by atoms with Crippen molar-refractivity contribution < 1.29 is 19.4 Å². The summed E-state index contributed by atoms with van der Waals surface area (Å²) in [5.74, 6) is -0.616. The van der Waals surface area contributed by atoms with E-state index in [1.54, 1.807) is 13.2 Å². The number of carbonyl (C=O) groups is 2. The number of aliphatic carboxylic acids is 1. The molecule has 0 saturated carbocycles. The van der Waals surface area contributed by atoms with E-state index < -0.39 is 5.97 Å². The molecule has 0 bridgehead atoms. The van der Waals surface area contributed by atoms with Crippen LogP contribution in [0.25, 0.3) is 0 Å². The summed E-state index contributed by atoms with van der Waals surface area (Å²) in [7, 11) is 1.60. The van der Waals surface area contributed by atoms with Crippen LogP contribution in [-0.4, -0.2) is 48.6 Å². The van der Waals surface area contributed by atoms with Gasteiger partial charge in [-0.25, -0.2) is 0 Å². The summed E-state index contributed by atoms with van der Waals surface area (Å²) >= 11 is 0. The van der Waals surface area contributed by atoms with Crippen LogP contribution in [-0.2, 0) is 16.1 Å². The van der Waals surface area contributed by atoms with E-state index in [1.165, 1.54) is 0 Å². The first-order chi connectivity index (χ1) is 10.0. The third kappa shape index (κ3) is 6.58. The number of carboxylic acid groups (broad SMARTS) is 1. The maximum Gasteiger partial charge on any atom is 0.322 e. The third-order valence-corrected chi connectivity index (χ3v) is 2.76. The van der Waals surface area contributed by atoms with Crippen LogP contribution in [0.2, 0.25) is 0 Å². The molecule has 0 unspecified atom stereocenters. The number of carbonyl (C=O) groups excluding carboxylic acids is 1. The Balaban J connectivity index is 2.57. The van der Waals surface area contributed by atoms with Gasteiger partial charge in [0.2, 0.25) is 5.91 Å². The van der Waals surface area contributed by atoms with Gasteiger partial charge in [-0.15, -0.1) is 6.58 Å². The Morgan fingerprint density at radius 3 is 2.57 bits per heavy atom. The summed E-state index contributed by atoms with van der Waals surface area (Å²) in [6.07, 6.45) is 1.70. The first-order valence-corrected chi connectivity index (χ1v) is 6.49. The zero-order valence-corrected chi connectivity index (χ0v) is 12.0. The molecule has 21 heavy (non-hydrogen) atoms. The lowest BCUT2D eigenvalue weighted by Gasteiger charge is -2.20. The lowest BCUT2D eigenvalue weighted by Crippen LogP contribution is -2.39. The van der Waals surface area contributed by atoms with Crippen molar-refractivity contribution in [3.63, 3.8) is 0 Å². The van der Waals surface area contributed by atoms with Gasteiger partial charge in [0, 0.05) is 13.1 Å². The van der Waals surface area contributed by atoms with Crippen LogP contribution in [0.1, 0.15) is 5.56 Å². The molecule has 0 aliphatic rings. The zero-order chi connectivity index (χ0) is 15.7. The minimum atomic E-state index is -1.06. The molecule has 0 atom stereocenters. The summed E-state index contributed by atoms with van der Waals surface area (Å²) in [4.78, 5) is 23.9. The molecule has 0 saturated heterocycles. The van der Waals surface area contributed by atoms with E-state index in [0.29, 0.717) is 13.1 Å². The molecule has 0 aliphatic heterocycles. The van der Waals surface area contributed by atoms with Crippen LogP contribution < -0.4 is 10.1 Å². The van der Waals surface area contributed by atoms with Crippen LogP contribution >= 0.6 is 0 Å². The molecule has 0 fully saturated rings. The molecule has 1 amide bonds. The standard InChI is InChI=1S/C15H20N2O4/c1-3-8-17(11-14(18)16-9-15(19)20)10-12-4-6-13(21-2)7-5-12/h3-7H,1,8-11H2,2H3,(H,16,18)(H,19,20). The van der Waals surface area contributed by atoms with E-state index in [-0.39, 0.29) is 19.0 Å². The van der Waals surface area contributed by atoms with Crippen molar-refractivity contribution in [1.29, 1.82) is 0 Å². The number of amides is 1. The third-order valence-electron chi connectivity index (χ3n) is 2.76. The lowest BCUT2D eigenvalue weighted by molar-refractivity contribution is -0.138. The Morgan fingerprint density at radius 1 is 1.38 bits per heavy atom. The zero-order valence-electron chi connectivity index (χ0n) is 12.0. The summed E-state index contributed by atoms with van der Waals surface area (Å²) in [5.41, 5.74) is 1.03. The average Bonchev–Trinajstić information content (AvgIpc) is 2.46. The normalized spacial score (nSPS) is 10.2. The number of methoxy groups -OCH3 is 1. The Bertz CT molecular complexity index is 485. The summed E-state index contributed by atoms with van der Waals surface area (Å²) in [5, 5.41) is 10.9. The highest BCUT2D eigenvalue weighted by molar-refractivity contribution is 5.82. The molecule has 6 heteroatoms. The smallest absolute Gasteiger partial charge is 0.322 e. The number of ether oxygens (including phenoxy) is 1. The molecule has 6 nitrogen and oxygen atoms in total. The highest BCUT2D eigenvalue weighted by Crippen LogP contribution is 2.12. The predicted molar refractivity (Wildman–Crippen MR) is 79.1 cm³/mol. The lowest BCUT2D eigenvalue weighted by atomic mass is 10.2. The Kier molecular flexibility index (Phi) is 6.97. The van der Waals surface area contributed by atoms with E-state index in [0.717, 1.165) is 11.3 Å². The van der Waals surface area contributed by atoms with E-state index in [4.69, 9.17) is 9.84 Å². The van der Waals surface area contributed by atoms with Gasteiger partial charge in [-0.2, -0.15) is 0 Å². The van der Waals surface area contributed by atoms with E-state index >= 15 is 0 Å². The van der Waals surface area contributed by atoms with Crippen LogP contribution in [0, 0.1) is 0 Å². The minimum Gasteiger partial charge on any atom is -0.497 e. The highest BCUT2D eigenvalue weighted by atomic mass is 16.5. The fraction of sp³-hybridized carbons (Fsp3) is 0.333. The maximum absolute atomic E-state index is 11.7. The molecule has 1 aromatic carbocycles. The monoisotopic (exact) mass is 292 g/mol. The number of hydrogen-bond donors (Lipinski definition) is 2. The van der Waals surface area contributed by atoms with Gasteiger partial charge >= 0.3 is 5.97 Å². The van der Waals surface area contributed by atoms with Crippen LogP contribution in [0.3, 0.4) is 0 Å². The second-order valence-electron chi connectivity index (χ2n) is 4.48. The van der Waals surface area contributed by atoms with Crippen molar-refractivity contribution in [2.45, 2.75) is 6.54 Å². The molecule has 0 aromatic heterocycles. The molecule has 1 rings (SSSR count). The first-order valence-electron chi connectivity index (χ1n) is 6.49. The highest BCUT2D eigenvalue weighted by Gasteiger charge is 2.11. The van der Waals surface area contributed by atoms with Gasteiger partial charge in [-0.3, -0.25) is 14.5 Å². The fourth-order valence-electron chi connectivity index (χ4n) is 1.79. The molecule has 1 aromatic rings. The Morgan fingerprint density at radius 2 is 2.05 bits per heavy atom. The molecule has 0 heterocycles. The number of nitrogens with zero attached hydrogens (tertiary/aromatic N) is 1. The number of carboxylic acids is 1. The SMILES string of the molecule is C=CCN(CC(=O)NCC(=O)O)Cc1ccc(OC)cc1. The maximum atomic E-state index is 11.7. The minimum absolute atomic E-state index is 0.116. The largest absolute Gasteiger partial charge is 0.497 e. The second-order valence-corrected chi connectivity index (χ2v) is 4.48. The summed E-state index contributed by atoms with van der Waals surface area (Å²) in [6, 6.07) is 7.55. The van der Waals surface area contributed by atoms with E-state index in [1.807, 2.05) is 29.2 Å². The fourth-order valence-corrected chi connectivity index (χ4v) is 1.79. The van der Waals surface area contributed by atoms with Gasteiger partial charge < -0.3 is 15.2 Å². The molecular formula is C15H20N2O4. The van der Waals surface area contributed by atoms with Crippen LogP contribution in [0.15, 0.2) is 36.9 Å². The number of rotatable bonds is 9. The van der Waals surface area contributed by atoms with Crippen LogP contribution in [0.4, 0.5) is 0 Å². The molecule has 0 aliphatic carbocycles. The predicted octanol–water partition coefficient (Wildman–Crippen LogP) is 0.884. The quantitative estimate of drug-likeness (QED) is 0.661. The van der Waals surface area contributed by atoms with E-state index in [2.05, 4.69) is 11.9 Å². The topological polar surface area (TPSA) is 78.9 Å². The molecule has 114 valence electrons. The van der Waals surface area contributed by atoms with Gasteiger partial charge in [-0.05, 0) is 17.7 Å². The van der Waals surface area contributed by atoms with Crippen molar-refractivity contribution in [1.82, 2.24) is 10.2 Å². The average molecular weight is 292 g/mol. The van der Waals surface area contributed by atoms with Gasteiger partial charge in [0.25, 0.3) is 0 Å². The second kappa shape index (κ2) is 8.76. The van der Waals surface area contributed by atoms with Crippen LogP contribution in [0.5, 0.6) is 5.75 Å². The number of benzene rings is 1. The van der Waals surface area contributed by atoms with Crippen molar-refractivity contribution in [2.24, 2.45) is 0 Å². The Labute approximate surface area is 124 Å². The number of nitrogens with one attached hydrogen (secondary N) is 1.